The van der Waals surface area contributed by atoms with Crippen LogP contribution in [0.1, 0.15) is 25.3 Å². The van der Waals surface area contributed by atoms with Gasteiger partial charge in [0.15, 0.2) is 0 Å². The number of carbonyl (C=O) groups excluding carboxylic acids is 2. The van der Waals surface area contributed by atoms with Crippen molar-refractivity contribution >= 4 is 22.7 Å². The maximum absolute atomic E-state index is 12.7. The van der Waals surface area contributed by atoms with Gasteiger partial charge in [0.2, 0.25) is 0 Å². The van der Waals surface area contributed by atoms with Crippen molar-refractivity contribution in [1.29, 1.82) is 0 Å². The summed E-state index contributed by atoms with van der Waals surface area (Å²) in [6.45, 7) is 3.75. The Morgan fingerprint density at radius 1 is 0.893 bits per heavy atom. The zero-order valence-corrected chi connectivity index (χ0v) is 15.8. The summed E-state index contributed by atoms with van der Waals surface area (Å²) in [6.07, 6.45) is 0. The highest BCUT2D eigenvalue weighted by Gasteiger charge is 2.39. The monoisotopic (exact) mass is 381 g/mol. The van der Waals surface area contributed by atoms with E-state index in [2.05, 4.69) is 5.32 Å². The normalized spacial score (nSPS) is 14.8. The topological polar surface area (TPSA) is 117 Å². The van der Waals surface area contributed by atoms with Crippen LogP contribution in [0.25, 0.3) is 10.8 Å². The van der Waals surface area contributed by atoms with Crippen LogP contribution in [0.2, 0.25) is 0 Å². The molecule has 3 rings (SSSR count). The van der Waals surface area contributed by atoms with E-state index in [4.69, 9.17) is 20.9 Å². The third-order valence-corrected chi connectivity index (χ3v) is 4.55. The van der Waals surface area contributed by atoms with Crippen LogP contribution in [0.4, 0.5) is 0 Å². The third-order valence-electron chi connectivity index (χ3n) is 4.55. The van der Waals surface area contributed by atoms with E-state index >= 15 is 0 Å². The average Bonchev–Trinajstić information content (AvgIpc) is 2.67. The van der Waals surface area contributed by atoms with E-state index in [-0.39, 0.29) is 36.0 Å². The van der Waals surface area contributed by atoms with Crippen LogP contribution < -0.4 is 16.8 Å². The summed E-state index contributed by atoms with van der Waals surface area (Å²) in [5.74, 6) is -1.92. The summed E-state index contributed by atoms with van der Waals surface area (Å²) in [7, 11) is 0. The van der Waals surface area contributed by atoms with Gasteiger partial charge in [-0.3, -0.25) is 0 Å². The molecule has 0 amide bonds. The molecule has 146 valence electrons. The first-order valence-electron chi connectivity index (χ1n) is 9.07. The molecule has 0 atom stereocenters. The van der Waals surface area contributed by atoms with E-state index in [0.29, 0.717) is 0 Å². The van der Waals surface area contributed by atoms with Crippen LogP contribution in [0.5, 0.6) is 0 Å². The Morgan fingerprint density at radius 3 is 2.00 bits per heavy atom. The van der Waals surface area contributed by atoms with Crippen molar-refractivity contribution in [2.75, 3.05) is 13.2 Å². The second-order valence-corrected chi connectivity index (χ2v) is 6.22. The van der Waals surface area contributed by atoms with E-state index < -0.39 is 17.9 Å². The van der Waals surface area contributed by atoms with Crippen molar-refractivity contribution < 1.29 is 19.1 Å². The van der Waals surface area contributed by atoms with E-state index in [1.807, 2.05) is 42.5 Å². The lowest BCUT2D eigenvalue weighted by Gasteiger charge is -2.30. The fourth-order valence-corrected chi connectivity index (χ4v) is 3.42. The Balaban J connectivity index is 2.28. The van der Waals surface area contributed by atoms with Crippen molar-refractivity contribution in [1.82, 2.24) is 5.32 Å². The first kappa shape index (κ1) is 19.3. The first-order valence-corrected chi connectivity index (χ1v) is 9.07. The van der Waals surface area contributed by atoms with Crippen LogP contribution in [-0.4, -0.2) is 25.2 Å². The molecule has 1 aliphatic rings. The third kappa shape index (κ3) is 3.38. The molecule has 0 aromatic heterocycles. The van der Waals surface area contributed by atoms with Crippen LogP contribution in [-0.2, 0) is 19.1 Å². The predicted octanol–water partition coefficient (Wildman–Crippen LogP) is 1.99. The van der Waals surface area contributed by atoms with E-state index in [9.17, 15) is 9.59 Å². The number of benzene rings is 2. The quantitative estimate of drug-likeness (QED) is 0.678. The molecule has 5 N–H and O–H groups in total. The summed E-state index contributed by atoms with van der Waals surface area (Å²) in [5, 5.41) is 4.56. The molecule has 1 aliphatic heterocycles. The van der Waals surface area contributed by atoms with Crippen molar-refractivity contribution in [2.24, 2.45) is 11.5 Å². The Bertz CT molecular complexity index is 949. The summed E-state index contributed by atoms with van der Waals surface area (Å²) in [5.41, 5.74) is 13.2. The number of ether oxygens (including phenoxy) is 2. The fourth-order valence-electron chi connectivity index (χ4n) is 3.42. The number of hydrogen-bond donors (Lipinski definition) is 3. The second kappa shape index (κ2) is 8.04. The summed E-state index contributed by atoms with van der Waals surface area (Å²) in [4.78, 5) is 25.5. The van der Waals surface area contributed by atoms with Gasteiger partial charge in [-0.05, 0) is 30.2 Å². The highest BCUT2D eigenvalue weighted by Crippen LogP contribution is 2.40. The van der Waals surface area contributed by atoms with Gasteiger partial charge < -0.3 is 26.3 Å². The Labute approximate surface area is 163 Å². The smallest absolute Gasteiger partial charge is 0.338 e. The summed E-state index contributed by atoms with van der Waals surface area (Å²) < 4.78 is 10.4. The highest BCUT2D eigenvalue weighted by molar-refractivity contribution is 6.01. The van der Waals surface area contributed by atoms with Gasteiger partial charge in [0.05, 0.1) is 30.3 Å². The molecule has 28 heavy (non-hydrogen) atoms. The van der Waals surface area contributed by atoms with Gasteiger partial charge in [-0.1, -0.05) is 42.5 Å². The average molecular weight is 381 g/mol. The SMILES string of the molecule is CCOC(=O)C1=C(N)NC(N)=C(C(=O)OCC)C1c1cccc2ccccc12. The molecule has 2 aromatic rings. The van der Waals surface area contributed by atoms with Crippen molar-refractivity contribution in [3.63, 3.8) is 0 Å². The van der Waals surface area contributed by atoms with Gasteiger partial charge in [-0.2, -0.15) is 0 Å². The molecule has 0 bridgehead atoms. The summed E-state index contributed by atoms with van der Waals surface area (Å²) >= 11 is 0. The summed E-state index contributed by atoms with van der Waals surface area (Å²) in [6, 6.07) is 13.3. The lowest BCUT2D eigenvalue weighted by atomic mass is 9.80. The van der Waals surface area contributed by atoms with Gasteiger partial charge in [-0.25, -0.2) is 9.59 Å². The molecule has 2 aromatic carbocycles. The number of dihydropyridines is 1. The molecular formula is C21H23N3O4. The number of rotatable bonds is 5. The number of nitrogens with one attached hydrogen (secondary N) is 1. The van der Waals surface area contributed by atoms with E-state index in [0.717, 1.165) is 16.3 Å². The molecule has 1 heterocycles. The Hall–Kier alpha value is -3.48. The van der Waals surface area contributed by atoms with Crippen LogP contribution >= 0.6 is 0 Å². The molecule has 0 aliphatic carbocycles. The molecule has 7 nitrogen and oxygen atoms in total. The minimum absolute atomic E-state index is 0.0573. The second-order valence-electron chi connectivity index (χ2n) is 6.22. The standard InChI is InChI=1S/C21H23N3O4/c1-3-27-20(25)16-15(14-11-7-9-12-8-5-6-10-13(12)14)17(21(26)28-4-2)19(23)24-18(16)22/h5-11,15,24H,3-4,22-23H2,1-2H3. The minimum atomic E-state index is -0.814. The zero-order chi connectivity index (χ0) is 20.3. The first-order chi connectivity index (χ1) is 13.5. The number of esters is 2. The van der Waals surface area contributed by atoms with Gasteiger partial charge in [0.1, 0.15) is 11.6 Å². The van der Waals surface area contributed by atoms with Gasteiger partial charge in [-0.15, -0.1) is 0 Å². The van der Waals surface area contributed by atoms with Crippen molar-refractivity contribution in [3.8, 4) is 0 Å². The Kier molecular flexibility index (Phi) is 5.54. The van der Waals surface area contributed by atoms with Gasteiger partial charge in [0.25, 0.3) is 0 Å². The molecule has 0 radical (unpaired) electrons. The molecule has 0 saturated heterocycles. The van der Waals surface area contributed by atoms with Gasteiger partial charge in [0, 0.05) is 0 Å². The fraction of sp³-hybridized carbons (Fsp3) is 0.238. The zero-order valence-electron chi connectivity index (χ0n) is 15.8. The molecule has 7 heteroatoms. The highest BCUT2D eigenvalue weighted by atomic mass is 16.5. The maximum Gasteiger partial charge on any atom is 0.338 e. The largest absolute Gasteiger partial charge is 0.463 e. The lowest BCUT2D eigenvalue weighted by Crippen LogP contribution is -2.39. The lowest BCUT2D eigenvalue weighted by molar-refractivity contribution is -0.139. The minimum Gasteiger partial charge on any atom is -0.463 e. The molecular weight excluding hydrogens is 358 g/mol. The van der Waals surface area contributed by atoms with Crippen LogP contribution in [0.3, 0.4) is 0 Å². The van der Waals surface area contributed by atoms with Gasteiger partial charge >= 0.3 is 11.9 Å². The predicted molar refractivity (Wildman–Crippen MR) is 106 cm³/mol. The van der Waals surface area contributed by atoms with Crippen molar-refractivity contribution in [3.05, 3.63) is 70.8 Å². The number of hydrogen-bond acceptors (Lipinski definition) is 7. The molecule has 0 unspecified atom stereocenters. The number of nitrogens with two attached hydrogens (primary N) is 2. The molecule has 0 spiro atoms. The maximum atomic E-state index is 12.7. The molecule has 0 fully saturated rings. The van der Waals surface area contributed by atoms with E-state index in [1.54, 1.807) is 13.8 Å². The van der Waals surface area contributed by atoms with E-state index in [1.165, 1.54) is 0 Å². The van der Waals surface area contributed by atoms with Crippen LogP contribution in [0.15, 0.2) is 65.3 Å². The number of carbonyl (C=O) groups is 2. The Morgan fingerprint density at radius 2 is 1.43 bits per heavy atom. The molecule has 0 saturated carbocycles. The van der Waals surface area contributed by atoms with Crippen LogP contribution in [0, 0.1) is 0 Å². The number of fused-ring (bicyclic) bond motifs is 1. The van der Waals surface area contributed by atoms with Crippen molar-refractivity contribution in [2.45, 2.75) is 19.8 Å².